The summed E-state index contributed by atoms with van der Waals surface area (Å²) in [6.07, 6.45) is 0. The molecule has 2 saturated heterocycles. The topological polar surface area (TPSA) is 60.0 Å². The number of likely N-dealkylation sites (N-methyl/N-ethyl adjacent to an activating group) is 1. The van der Waals surface area contributed by atoms with Gasteiger partial charge in [-0.3, -0.25) is 25.5 Å². The summed E-state index contributed by atoms with van der Waals surface area (Å²) in [6.45, 7) is 6.85. The third-order valence-corrected chi connectivity index (χ3v) is 7.38. The number of amidine groups is 1. The summed E-state index contributed by atoms with van der Waals surface area (Å²) in [7, 11) is 2.02. The predicted octanol–water partition coefficient (Wildman–Crippen LogP) is 2.60. The van der Waals surface area contributed by atoms with E-state index in [9.17, 15) is 4.79 Å². The molecular formula is C18H23N5OS2. The van der Waals surface area contributed by atoms with Crippen molar-refractivity contribution >= 4 is 40.3 Å². The molecular weight excluding hydrogens is 366 g/mol. The van der Waals surface area contributed by atoms with Gasteiger partial charge in [-0.1, -0.05) is 23.9 Å². The summed E-state index contributed by atoms with van der Waals surface area (Å²) in [5.74, 6) is 0.0534. The van der Waals surface area contributed by atoms with Gasteiger partial charge >= 0.3 is 0 Å². The Morgan fingerprint density at radius 1 is 1.15 bits per heavy atom. The van der Waals surface area contributed by atoms with Crippen molar-refractivity contribution in [1.29, 1.82) is 0 Å². The Morgan fingerprint density at radius 3 is 2.50 bits per heavy atom. The monoisotopic (exact) mass is 389 g/mol. The van der Waals surface area contributed by atoms with Crippen LogP contribution in [0.3, 0.4) is 0 Å². The Labute approximate surface area is 162 Å². The van der Waals surface area contributed by atoms with Crippen LogP contribution in [0.25, 0.3) is 0 Å². The highest BCUT2D eigenvalue weighted by molar-refractivity contribution is 8.19. The van der Waals surface area contributed by atoms with Crippen LogP contribution in [-0.2, 0) is 4.79 Å². The number of thioether (sulfide) groups is 2. The number of fused-ring (bicyclic) bond motifs is 1. The number of hydrogen-bond donors (Lipinski definition) is 2. The standard InChI is InChI=1S/C18H23N5OS2/c1-5-23-16(24)15(17-22(4)12-8-6-7-9-13(12)25-17)26-18(23)19-14-10(2)20-21-11(14)3/h6-11,14,20-21H,5H2,1-4H3/b17-15-,19-18?. The molecule has 2 fully saturated rings. The van der Waals surface area contributed by atoms with E-state index in [1.54, 1.807) is 16.7 Å². The molecule has 8 heteroatoms. The van der Waals surface area contributed by atoms with Crippen LogP contribution in [0.2, 0.25) is 0 Å². The molecule has 2 N–H and O–H groups in total. The number of para-hydroxylation sites is 1. The van der Waals surface area contributed by atoms with Gasteiger partial charge in [0.2, 0.25) is 0 Å². The highest BCUT2D eigenvalue weighted by Gasteiger charge is 2.40. The maximum Gasteiger partial charge on any atom is 0.269 e. The van der Waals surface area contributed by atoms with Crippen LogP contribution in [0.5, 0.6) is 0 Å². The summed E-state index contributed by atoms with van der Waals surface area (Å²) >= 11 is 3.16. The molecule has 1 amide bonds. The first-order valence-electron chi connectivity index (χ1n) is 8.84. The molecule has 138 valence electrons. The maximum absolute atomic E-state index is 13.1. The molecule has 6 nitrogen and oxygen atoms in total. The molecule has 3 aliphatic rings. The Morgan fingerprint density at radius 2 is 1.85 bits per heavy atom. The summed E-state index contributed by atoms with van der Waals surface area (Å²) in [6, 6.07) is 8.82. The average Bonchev–Trinajstić information content (AvgIpc) is 3.25. The molecule has 0 spiro atoms. The third-order valence-electron chi connectivity index (χ3n) is 4.93. The Bertz CT molecular complexity index is 799. The van der Waals surface area contributed by atoms with Gasteiger partial charge in [0.15, 0.2) is 5.17 Å². The minimum atomic E-state index is 0.0534. The van der Waals surface area contributed by atoms with Crippen molar-refractivity contribution in [2.24, 2.45) is 4.99 Å². The zero-order valence-electron chi connectivity index (χ0n) is 15.3. The second-order valence-corrected chi connectivity index (χ2v) is 8.69. The van der Waals surface area contributed by atoms with Gasteiger partial charge in [0.05, 0.1) is 16.8 Å². The molecule has 0 aliphatic carbocycles. The number of aliphatic imine (C=N–C) groups is 1. The number of carbonyl (C=O) groups is 1. The second-order valence-electron chi connectivity index (χ2n) is 6.68. The fraction of sp³-hybridized carbons (Fsp3) is 0.444. The number of hydrogen-bond acceptors (Lipinski definition) is 7. The zero-order valence-corrected chi connectivity index (χ0v) is 16.9. The molecule has 2 atom stereocenters. The normalized spacial score (nSPS) is 32.8. The number of rotatable bonds is 2. The first-order chi connectivity index (χ1) is 12.5. The van der Waals surface area contributed by atoms with Gasteiger partial charge in [0.1, 0.15) is 4.91 Å². The lowest BCUT2D eigenvalue weighted by molar-refractivity contribution is -0.122. The van der Waals surface area contributed by atoms with Crippen LogP contribution in [0.1, 0.15) is 20.8 Å². The van der Waals surface area contributed by atoms with Crippen molar-refractivity contribution in [3.8, 4) is 0 Å². The Kier molecular flexibility index (Phi) is 4.77. The van der Waals surface area contributed by atoms with E-state index in [0.29, 0.717) is 6.54 Å². The van der Waals surface area contributed by atoms with Gasteiger partial charge in [-0.2, -0.15) is 0 Å². The van der Waals surface area contributed by atoms with Crippen LogP contribution in [0.15, 0.2) is 44.1 Å². The molecule has 3 heterocycles. The predicted molar refractivity (Wildman–Crippen MR) is 109 cm³/mol. The van der Waals surface area contributed by atoms with Crippen molar-refractivity contribution < 1.29 is 4.79 Å². The molecule has 1 aromatic rings. The van der Waals surface area contributed by atoms with Crippen LogP contribution >= 0.6 is 23.5 Å². The maximum atomic E-state index is 13.1. The minimum Gasteiger partial charge on any atom is -0.337 e. The zero-order chi connectivity index (χ0) is 18.4. The quantitative estimate of drug-likeness (QED) is 0.759. The smallest absolute Gasteiger partial charge is 0.269 e. The van der Waals surface area contributed by atoms with Gasteiger partial charge in [0.25, 0.3) is 5.91 Å². The molecule has 3 aliphatic heterocycles. The molecule has 26 heavy (non-hydrogen) atoms. The van der Waals surface area contributed by atoms with E-state index in [-0.39, 0.29) is 24.0 Å². The van der Waals surface area contributed by atoms with Crippen molar-refractivity contribution in [1.82, 2.24) is 15.8 Å². The number of benzene rings is 1. The molecule has 0 aromatic heterocycles. The van der Waals surface area contributed by atoms with Crippen molar-refractivity contribution in [2.45, 2.75) is 43.8 Å². The highest BCUT2D eigenvalue weighted by Crippen LogP contribution is 2.49. The second kappa shape index (κ2) is 6.92. The highest BCUT2D eigenvalue weighted by atomic mass is 32.2. The molecule has 4 rings (SSSR count). The molecule has 1 aromatic carbocycles. The van der Waals surface area contributed by atoms with E-state index in [0.717, 1.165) is 20.8 Å². The molecule has 0 bridgehead atoms. The molecule has 0 saturated carbocycles. The number of carbonyl (C=O) groups excluding carboxylic acids is 1. The lowest BCUT2D eigenvalue weighted by Gasteiger charge is -2.17. The van der Waals surface area contributed by atoms with Gasteiger partial charge in [0, 0.05) is 30.6 Å². The fourth-order valence-electron chi connectivity index (χ4n) is 3.43. The minimum absolute atomic E-state index is 0.0534. The van der Waals surface area contributed by atoms with Crippen LogP contribution in [0, 0.1) is 0 Å². The summed E-state index contributed by atoms with van der Waals surface area (Å²) in [5.41, 5.74) is 7.60. The average molecular weight is 390 g/mol. The Hall–Kier alpha value is -1.48. The van der Waals surface area contributed by atoms with E-state index in [2.05, 4.69) is 41.7 Å². The van der Waals surface area contributed by atoms with E-state index < -0.39 is 0 Å². The number of amides is 1. The van der Waals surface area contributed by atoms with Gasteiger partial charge in [-0.25, -0.2) is 0 Å². The third kappa shape index (κ3) is 2.85. The van der Waals surface area contributed by atoms with Crippen molar-refractivity contribution in [3.63, 3.8) is 0 Å². The number of hydrazine groups is 1. The van der Waals surface area contributed by atoms with Crippen LogP contribution in [-0.4, -0.2) is 47.7 Å². The first-order valence-corrected chi connectivity index (χ1v) is 10.5. The van der Waals surface area contributed by atoms with Crippen molar-refractivity contribution in [2.75, 3.05) is 18.5 Å². The van der Waals surface area contributed by atoms with Crippen LogP contribution in [0.4, 0.5) is 5.69 Å². The first kappa shape index (κ1) is 17.9. The van der Waals surface area contributed by atoms with Gasteiger partial charge < -0.3 is 4.90 Å². The number of nitrogens with one attached hydrogen (secondary N) is 2. The largest absolute Gasteiger partial charge is 0.337 e. The summed E-state index contributed by atoms with van der Waals surface area (Å²) in [4.78, 5) is 23.9. The van der Waals surface area contributed by atoms with Crippen molar-refractivity contribution in [3.05, 3.63) is 34.2 Å². The SMILES string of the molecule is CCN1C(=O)/C(=C2/Sc3ccccc3N2C)SC1=NC1C(C)NNC1C. The Balaban J connectivity index is 1.69. The van der Waals surface area contributed by atoms with E-state index in [1.807, 2.05) is 26.1 Å². The molecule has 2 unspecified atom stereocenters. The van der Waals surface area contributed by atoms with Gasteiger partial charge in [-0.05, 0) is 44.7 Å². The lowest BCUT2D eigenvalue weighted by atomic mass is 10.1. The lowest BCUT2D eigenvalue weighted by Crippen LogP contribution is -2.34. The van der Waals surface area contributed by atoms with E-state index in [1.165, 1.54) is 16.7 Å². The number of nitrogens with zero attached hydrogens (tertiary/aromatic N) is 3. The molecule has 0 radical (unpaired) electrons. The van der Waals surface area contributed by atoms with Gasteiger partial charge in [-0.15, -0.1) is 0 Å². The summed E-state index contributed by atoms with van der Waals surface area (Å²) < 4.78 is 0. The van der Waals surface area contributed by atoms with Crippen LogP contribution < -0.4 is 15.8 Å². The van der Waals surface area contributed by atoms with E-state index >= 15 is 0 Å². The summed E-state index contributed by atoms with van der Waals surface area (Å²) in [5, 5.41) is 1.80. The van der Waals surface area contributed by atoms with E-state index in [4.69, 9.17) is 4.99 Å². The number of anilines is 1. The fourth-order valence-corrected chi connectivity index (χ4v) is 5.86.